The fraction of sp³-hybridized carbons (Fsp3) is 0.375. The summed E-state index contributed by atoms with van der Waals surface area (Å²) < 4.78 is 19.9. The summed E-state index contributed by atoms with van der Waals surface area (Å²) in [7, 11) is 3.42. The van der Waals surface area contributed by atoms with Crippen LogP contribution in [0.4, 0.5) is 4.79 Å². The van der Waals surface area contributed by atoms with Gasteiger partial charge in [0.05, 0.1) is 12.5 Å². The van der Waals surface area contributed by atoms with Crippen LogP contribution in [0.3, 0.4) is 0 Å². The van der Waals surface area contributed by atoms with Crippen LogP contribution in [0.15, 0.2) is 65.6 Å². The molecule has 2 aromatic carbocycles. The molecule has 0 atom stereocenters. The van der Waals surface area contributed by atoms with Gasteiger partial charge in [-0.3, -0.25) is 9.69 Å². The first-order valence-electron chi connectivity index (χ1n) is 13.8. The van der Waals surface area contributed by atoms with Crippen LogP contribution in [0.5, 0.6) is 11.5 Å². The number of nitrogens with zero attached hydrogens (tertiary/aromatic N) is 3. The largest absolute Gasteiger partial charge is 0.493 e. The van der Waals surface area contributed by atoms with Crippen LogP contribution in [0.25, 0.3) is 21.2 Å². The number of carbonyl (C=O) groups excluding carboxylic acids is 1. The van der Waals surface area contributed by atoms with Crippen LogP contribution in [-0.2, 0) is 24.9 Å². The highest BCUT2D eigenvalue weighted by molar-refractivity contribution is 7.19. The predicted molar refractivity (Wildman–Crippen MR) is 163 cm³/mol. The Hall–Kier alpha value is -3.82. The molecule has 1 saturated heterocycles. The SMILES string of the molecule is COc1ccc(-c2cn(C)c(=O)c3cc(CN4CCN(C(=O)OC(C)(C)C)CC4)sc23)cc1OCc1ccccc1. The van der Waals surface area contributed by atoms with Crippen molar-refractivity contribution in [3.8, 4) is 22.6 Å². The van der Waals surface area contributed by atoms with E-state index < -0.39 is 5.60 Å². The molecule has 1 fully saturated rings. The van der Waals surface area contributed by atoms with E-state index in [9.17, 15) is 9.59 Å². The average molecular weight is 576 g/mol. The lowest BCUT2D eigenvalue weighted by Gasteiger charge is -2.35. The Labute approximate surface area is 244 Å². The number of ether oxygens (including phenoxy) is 3. The first-order valence-corrected chi connectivity index (χ1v) is 14.6. The summed E-state index contributed by atoms with van der Waals surface area (Å²) in [6.07, 6.45) is 1.63. The fourth-order valence-corrected chi connectivity index (χ4v) is 6.14. The molecule has 4 aromatic rings. The van der Waals surface area contributed by atoms with Crippen LogP contribution in [0, 0.1) is 0 Å². The van der Waals surface area contributed by atoms with Gasteiger partial charge in [-0.15, -0.1) is 11.3 Å². The molecular formula is C32H37N3O5S. The number of amides is 1. The number of pyridine rings is 1. The van der Waals surface area contributed by atoms with E-state index in [0.717, 1.165) is 45.9 Å². The number of hydrogen-bond acceptors (Lipinski definition) is 7. The minimum Gasteiger partial charge on any atom is -0.493 e. The van der Waals surface area contributed by atoms with Crippen molar-refractivity contribution in [2.75, 3.05) is 33.3 Å². The van der Waals surface area contributed by atoms with Crippen molar-refractivity contribution in [1.29, 1.82) is 0 Å². The Balaban J connectivity index is 1.37. The van der Waals surface area contributed by atoms with Crippen LogP contribution in [0.1, 0.15) is 31.2 Å². The number of rotatable bonds is 7. The smallest absolute Gasteiger partial charge is 0.410 e. The van der Waals surface area contributed by atoms with E-state index in [0.29, 0.717) is 36.6 Å². The molecular weight excluding hydrogens is 538 g/mol. The van der Waals surface area contributed by atoms with Gasteiger partial charge in [-0.1, -0.05) is 36.4 Å². The number of carbonyl (C=O) groups is 1. The van der Waals surface area contributed by atoms with Crippen LogP contribution < -0.4 is 15.0 Å². The molecule has 8 nitrogen and oxygen atoms in total. The van der Waals surface area contributed by atoms with Gasteiger partial charge in [0.15, 0.2) is 11.5 Å². The van der Waals surface area contributed by atoms with E-state index in [-0.39, 0.29) is 11.7 Å². The third-order valence-corrected chi connectivity index (χ3v) is 8.17. The number of thiophene rings is 1. The molecule has 0 N–H and O–H groups in total. The lowest BCUT2D eigenvalue weighted by atomic mass is 10.1. The van der Waals surface area contributed by atoms with E-state index >= 15 is 0 Å². The quantitative estimate of drug-likeness (QED) is 0.273. The number of aromatic nitrogens is 1. The standard InChI is InChI=1S/C32H37N3O5S/c1-32(2,3)40-31(37)35-15-13-34(14-16-35)19-24-18-25-29(41-24)26(20-33(4)30(25)36)23-11-12-27(38-5)28(17-23)39-21-22-9-7-6-8-10-22/h6-12,17-18,20H,13-16,19,21H2,1-5H3. The zero-order valence-electron chi connectivity index (χ0n) is 24.3. The van der Waals surface area contributed by atoms with Gasteiger partial charge in [-0.2, -0.15) is 0 Å². The molecule has 0 spiro atoms. The fourth-order valence-electron chi connectivity index (χ4n) is 4.91. The topological polar surface area (TPSA) is 73.2 Å². The molecule has 5 rings (SSSR count). The van der Waals surface area contributed by atoms with Crippen molar-refractivity contribution in [1.82, 2.24) is 14.4 Å². The van der Waals surface area contributed by atoms with Crippen molar-refractivity contribution in [3.05, 3.63) is 81.6 Å². The molecule has 1 aliphatic heterocycles. The van der Waals surface area contributed by atoms with Crippen LogP contribution in [0.2, 0.25) is 0 Å². The Bertz CT molecular complexity index is 1580. The van der Waals surface area contributed by atoms with Crippen LogP contribution >= 0.6 is 11.3 Å². The maximum Gasteiger partial charge on any atom is 0.410 e. The Morgan fingerprint density at radius 3 is 2.39 bits per heavy atom. The van der Waals surface area contributed by atoms with Gasteiger partial charge in [0.25, 0.3) is 5.56 Å². The van der Waals surface area contributed by atoms with E-state index in [4.69, 9.17) is 14.2 Å². The highest BCUT2D eigenvalue weighted by Gasteiger charge is 2.26. The summed E-state index contributed by atoms with van der Waals surface area (Å²) in [5.41, 5.74) is 2.47. The summed E-state index contributed by atoms with van der Waals surface area (Å²) in [6.45, 7) is 9.52. The van der Waals surface area contributed by atoms with E-state index in [1.54, 1.807) is 35.0 Å². The van der Waals surface area contributed by atoms with Gasteiger partial charge in [0, 0.05) is 61.1 Å². The number of hydrogen-bond donors (Lipinski definition) is 0. The Kier molecular flexibility index (Phi) is 8.37. The molecule has 0 bridgehead atoms. The third-order valence-electron chi connectivity index (χ3n) is 7.02. The molecule has 0 radical (unpaired) electrons. The number of benzene rings is 2. The molecule has 41 heavy (non-hydrogen) atoms. The Morgan fingerprint density at radius 1 is 0.976 bits per heavy atom. The van der Waals surface area contributed by atoms with Crippen molar-refractivity contribution in [2.45, 2.75) is 39.5 Å². The third kappa shape index (κ3) is 6.74. The summed E-state index contributed by atoms with van der Waals surface area (Å²) in [4.78, 5) is 30.8. The lowest BCUT2D eigenvalue weighted by molar-refractivity contribution is 0.0140. The van der Waals surface area contributed by atoms with Gasteiger partial charge in [-0.05, 0) is 50.1 Å². The number of piperazine rings is 1. The summed E-state index contributed by atoms with van der Waals surface area (Å²) >= 11 is 1.64. The second kappa shape index (κ2) is 12.0. The first kappa shape index (κ1) is 28.7. The van der Waals surface area contributed by atoms with Gasteiger partial charge in [0.1, 0.15) is 12.2 Å². The van der Waals surface area contributed by atoms with Gasteiger partial charge < -0.3 is 23.7 Å². The van der Waals surface area contributed by atoms with Gasteiger partial charge in [0.2, 0.25) is 0 Å². The molecule has 0 aliphatic carbocycles. The van der Waals surface area contributed by atoms with Gasteiger partial charge >= 0.3 is 6.09 Å². The summed E-state index contributed by atoms with van der Waals surface area (Å²) in [5, 5.41) is 0.708. The predicted octanol–water partition coefficient (Wildman–Crippen LogP) is 5.91. The molecule has 3 heterocycles. The lowest BCUT2D eigenvalue weighted by Crippen LogP contribution is -2.49. The second-order valence-corrected chi connectivity index (χ2v) is 12.4. The molecule has 1 aliphatic rings. The van der Waals surface area contributed by atoms with Crippen molar-refractivity contribution in [2.24, 2.45) is 7.05 Å². The van der Waals surface area contributed by atoms with Crippen molar-refractivity contribution >= 4 is 27.5 Å². The minimum atomic E-state index is -0.506. The van der Waals surface area contributed by atoms with Crippen molar-refractivity contribution in [3.63, 3.8) is 0 Å². The first-order chi connectivity index (χ1) is 19.6. The number of aryl methyl sites for hydroxylation is 1. The molecule has 0 unspecified atom stereocenters. The van der Waals surface area contributed by atoms with E-state index in [1.165, 1.54) is 0 Å². The molecule has 0 saturated carbocycles. The summed E-state index contributed by atoms with van der Waals surface area (Å²) in [6, 6.07) is 17.9. The van der Waals surface area contributed by atoms with Gasteiger partial charge in [-0.25, -0.2) is 4.79 Å². The number of methoxy groups -OCH3 is 1. The van der Waals surface area contributed by atoms with Crippen molar-refractivity contribution < 1.29 is 19.0 Å². The average Bonchev–Trinajstić information content (AvgIpc) is 3.37. The van der Waals surface area contributed by atoms with E-state index in [2.05, 4.69) is 4.90 Å². The number of fused-ring (bicyclic) bond motifs is 1. The highest BCUT2D eigenvalue weighted by Crippen LogP contribution is 2.38. The molecule has 1 amide bonds. The highest BCUT2D eigenvalue weighted by atomic mass is 32.1. The minimum absolute atomic E-state index is 0.0185. The zero-order valence-corrected chi connectivity index (χ0v) is 25.1. The second-order valence-electron chi connectivity index (χ2n) is 11.3. The molecule has 216 valence electrons. The normalized spacial score (nSPS) is 14.3. The Morgan fingerprint density at radius 2 is 1.71 bits per heavy atom. The maximum absolute atomic E-state index is 13.1. The monoisotopic (exact) mass is 575 g/mol. The molecule has 9 heteroatoms. The maximum atomic E-state index is 13.1. The van der Waals surface area contributed by atoms with Crippen LogP contribution in [-0.4, -0.2) is 59.4 Å². The zero-order chi connectivity index (χ0) is 29.1. The van der Waals surface area contributed by atoms with E-state index in [1.807, 2.05) is 81.6 Å². The summed E-state index contributed by atoms with van der Waals surface area (Å²) in [5.74, 6) is 1.30. The molecule has 2 aromatic heterocycles.